The van der Waals surface area contributed by atoms with E-state index in [0.717, 1.165) is 4.90 Å². The lowest BCUT2D eigenvalue weighted by Crippen LogP contribution is -2.46. The van der Waals surface area contributed by atoms with Crippen molar-refractivity contribution in [2.24, 2.45) is 5.92 Å². The molecule has 0 aliphatic carbocycles. The molecule has 9 heteroatoms. The molecule has 1 aromatic rings. The molecule has 0 aromatic heterocycles. The number of carboxylic acid groups (broad SMARTS) is 1. The molecule has 1 atom stereocenters. The molecule has 0 amide bonds. The SMILES string of the molecule is CN(Cc1ccccc1)[C@@H](CC(C(F)(F)F)C(F)(F)F)C(=O)O. The van der Waals surface area contributed by atoms with Gasteiger partial charge in [-0.25, -0.2) is 0 Å². The molecule has 1 aromatic carbocycles. The molecule has 3 nitrogen and oxygen atoms in total. The number of aliphatic carboxylic acids is 1. The van der Waals surface area contributed by atoms with Gasteiger partial charge in [0.15, 0.2) is 5.92 Å². The van der Waals surface area contributed by atoms with Crippen LogP contribution in [0.5, 0.6) is 0 Å². The Labute approximate surface area is 128 Å². The van der Waals surface area contributed by atoms with Crippen LogP contribution >= 0.6 is 0 Å². The van der Waals surface area contributed by atoms with Crippen LogP contribution in [0.15, 0.2) is 30.3 Å². The van der Waals surface area contributed by atoms with Crippen molar-refractivity contribution in [2.75, 3.05) is 7.05 Å². The number of rotatable bonds is 6. The summed E-state index contributed by atoms with van der Waals surface area (Å²) in [4.78, 5) is 12.1. The average Bonchev–Trinajstić information content (AvgIpc) is 2.36. The van der Waals surface area contributed by atoms with Crippen molar-refractivity contribution >= 4 is 5.97 Å². The summed E-state index contributed by atoms with van der Waals surface area (Å²) in [5.74, 6) is -5.42. The number of carbonyl (C=O) groups is 1. The molecule has 0 saturated carbocycles. The van der Waals surface area contributed by atoms with E-state index in [-0.39, 0.29) is 6.54 Å². The zero-order chi connectivity index (χ0) is 17.8. The lowest BCUT2D eigenvalue weighted by Gasteiger charge is -2.30. The summed E-state index contributed by atoms with van der Waals surface area (Å²) in [7, 11) is 1.18. The number of hydrogen-bond acceptors (Lipinski definition) is 2. The maximum absolute atomic E-state index is 12.6. The average molecular weight is 343 g/mol. The fourth-order valence-corrected chi connectivity index (χ4v) is 2.13. The monoisotopic (exact) mass is 343 g/mol. The molecule has 130 valence electrons. The quantitative estimate of drug-likeness (QED) is 0.801. The summed E-state index contributed by atoms with van der Waals surface area (Å²) in [5, 5.41) is 9.03. The van der Waals surface area contributed by atoms with Crippen LogP contribution in [0.2, 0.25) is 0 Å². The Morgan fingerprint density at radius 1 is 1.09 bits per heavy atom. The highest BCUT2D eigenvalue weighted by atomic mass is 19.4. The number of hydrogen-bond donors (Lipinski definition) is 1. The van der Waals surface area contributed by atoms with E-state index in [9.17, 15) is 31.1 Å². The van der Waals surface area contributed by atoms with Crippen molar-refractivity contribution in [1.29, 1.82) is 0 Å². The van der Waals surface area contributed by atoms with E-state index in [1.807, 2.05) is 0 Å². The molecule has 0 saturated heterocycles. The van der Waals surface area contributed by atoms with Crippen LogP contribution in [0.4, 0.5) is 26.3 Å². The molecule has 0 aliphatic rings. The minimum absolute atomic E-state index is 0.0831. The fourth-order valence-electron chi connectivity index (χ4n) is 2.13. The molecule has 0 unspecified atom stereocenters. The second-order valence-corrected chi connectivity index (χ2v) is 5.13. The molecular formula is C14H15F6NO2. The minimum Gasteiger partial charge on any atom is -0.480 e. The normalized spacial score (nSPS) is 14.3. The number of alkyl halides is 6. The van der Waals surface area contributed by atoms with E-state index >= 15 is 0 Å². The van der Waals surface area contributed by atoms with Gasteiger partial charge in [-0.3, -0.25) is 9.69 Å². The smallest absolute Gasteiger partial charge is 0.400 e. The molecule has 0 fully saturated rings. The Hall–Kier alpha value is -1.77. The van der Waals surface area contributed by atoms with Gasteiger partial charge in [0.1, 0.15) is 6.04 Å². The zero-order valence-corrected chi connectivity index (χ0v) is 12.0. The van der Waals surface area contributed by atoms with Gasteiger partial charge in [-0.15, -0.1) is 0 Å². The maximum Gasteiger partial charge on any atom is 0.400 e. The van der Waals surface area contributed by atoms with Gasteiger partial charge in [0, 0.05) is 6.54 Å². The zero-order valence-electron chi connectivity index (χ0n) is 12.0. The van der Waals surface area contributed by atoms with Gasteiger partial charge in [-0.2, -0.15) is 26.3 Å². The second kappa shape index (κ2) is 7.20. The summed E-state index contributed by atoms with van der Waals surface area (Å²) in [6.07, 6.45) is -12.7. The third-order valence-corrected chi connectivity index (χ3v) is 3.34. The van der Waals surface area contributed by atoms with Gasteiger partial charge in [0.25, 0.3) is 0 Å². The Kier molecular flexibility index (Phi) is 6.04. The van der Waals surface area contributed by atoms with Gasteiger partial charge in [0.05, 0.1) is 0 Å². The lowest BCUT2D eigenvalue weighted by atomic mass is 9.97. The van der Waals surface area contributed by atoms with Crippen molar-refractivity contribution in [3.8, 4) is 0 Å². The number of carboxylic acids is 1. The Balaban J connectivity index is 2.95. The Bertz CT molecular complexity index is 500. The van der Waals surface area contributed by atoms with Crippen LogP contribution in [-0.2, 0) is 11.3 Å². The first-order chi connectivity index (χ1) is 10.4. The molecule has 0 heterocycles. The Morgan fingerprint density at radius 3 is 1.96 bits per heavy atom. The van der Waals surface area contributed by atoms with Crippen LogP contribution in [0.25, 0.3) is 0 Å². The number of likely N-dealkylation sites (N-methyl/N-ethyl adjacent to an activating group) is 1. The van der Waals surface area contributed by atoms with Crippen LogP contribution in [0.1, 0.15) is 12.0 Å². The predicted molar refractivity (Wildman–Crippen MR) is 69.5 cm³/mol. The van der Waals surface area contributed by atoms with Crippen LogP contribution in [0.3, 0.4) is 0 Å². The highest BCUT2D eigenvalue weighted by Crippen LogP contribution is 2.42. The molecule has 0 spiro atoms. The molecule has 23 heavy (non-hydrogen) atoms. The standard InChI is InChI=1S/C14H15F6NO2/c1-21(8-9-5-3-2-4-6-9)10(12(22)23)7-11(13(15,16)17)14(18,19)20/h2-6,10-11H,7-8H2,1H3,(H,22,23)/t10-/m0/s1. The number of benzene rings is 1. The third kappa shape index (κ3) is 5.74. The molecule has 1 N–H and O–H groups in total. The van der Waals surface area contributed by atoms with E-state index in [1.165, 1.54) is 7.05 Å². The van der Waals surface area contributed by atoms with Gasteiger partial charge in [-0.05, 0) is 19.0 Å². The van der Waals surface area contributed by atoms with Crippen LogP contribution < -0.4 is 0 Å². The summed E-state index contributed by atoms with van der Waals surface area (Å²) >= 11 is 0. The summed E-state index contributed by atoms with van der Waals surface area (Å²) in [6, 6.07) is 6.23. The van der Waals surface area contributed by atoms with Gasteiger partial charge >= 0.3 is 18.3 Å². The minimum atomic E-state index is -5.56. The van der Waals surface area contributed by atoms with Crippen LogP contribution in [-0.4, -0.2) is 41.4 Å². The van der Waals surface area contributed by atoms with Gasteiger partial charge in [-0.1, -0.05) is 30.3 Å². The van der Waals surface area contributed by atoms with Crippen molar-refractivity contribution in [3.63, 3.8) is 0 Å². The number of nitrogens with zero attached hydrogens (tertiary/aromatic N) is 1. The topological polar surface area (TPSA) is 40.5 Å². The third-order valence-electron chi connectivity index (χ3n) is 3.34. The van der Waals surface area contributed by atoms with E-state index in [1.54, 1.807) is 30.3 Å². The van der Waals surface area contributed by atoms with Gasteiger partial charge < -0.3 is 5.11 Å². The first-order valence-corrected chi connectivity index (χ1v) is 6.53. The van der Waals surface area contributed by atoms with E-state index in [0.29, 0.717) is 5.56 Å². The molecule has 1 rings (SSSR count). The summed E-state index contributed by atoms with van der Waals surface area (Å²) in [5.41, 5.74) is 0.580. The maximum atomic E-state index is 12.6. The highest BCUT2D eigenvalue weighted by Gasteiger charge is 2.57. The molecule has 0 bridgehead atoms. The largest absolute Gasteiger partial charge is 0.480 e. The van der Waals surface area contributed by atoms with Crippen molar-refractivity contribution < 1.29 is 36.2 Å². The molecule has 0 aliphatic heterocycles. The van der Waals surface area contributed by atoms with E-state index in [2.05, 4.69) is 0 Å². The van der Waals surface area contributed by atoms with Crippen LogP contribution in [0, 0.1) is 5.92 Å². The molecule has 0 radical (unpaired) electrons. The Morgan fingerprint density at radius 2 is 1.57 bits per heavy atom. The highest BCUT2D eigenvalue weighted by molar-refractivity contribution is 5.73. The van der Waals surface area contributed by atoms with E-state index < -0.39 is 36.7 Å². The lowest BCUT2D eigenvalue weighted by molar-refractivity contribution is -0.288. The summed E-state index contributed by atoms with van der Waals surface area (Å²) in [6.45, 7) is -0.0831. The first-order valence-electron chi connectivity index (χ1n) is 6.53. The number of halogens is 6. The van der Waals surface area contributed by atoms with Crippen molar-refractivity contribution in [2.45, 2.75) is 31.4 Å². The van der Waals surface area contributed by atoms with Crippen molar-refractivity contribution in [3.05, 3.63) is 35.9 Å². The fraction of sp³-hybridized carbons (Fsp3) is 0.500. The van der Waals surface area contributed by atoms with E-state index in [4.69, 9.17) is 5.11 Å². The first kappa shape index (κ1) is 19.3. The van der Waals surface area contributed by atoms with Gasteiger partial charge in [0.2, 0.25) is 0 Å². The predicted octanol–water partition coefficient (Wildman–Crippen LogP) is 3.70. The molecular weight excluding hydrogens is 328 g/mol. The summed E-state index contributed by atoms with van der Waals surface area (Å²) < 4.78 is 75.6. The van der Waals surface area contributed by atoms with Crippen molar-refractivity contribution in [1.82, 2.24) is 4.90 Å². The second-order valence-electron chi connectivity index (χ2n) is 5.13.